The highest BCUT2D eigenvalue weighted by molar-refractivity contribution is 8.26. The SMILES string of the molecule is O=C1/C(=C/c2ccccc2[N+](=O)[O-])SC(=S)N1[C@H]1CCS(=O)(=O)C1. The molecule has 2 aliphatic heterocycles. The van der Waals surface area contributed by atoms with Crippen LogP contribution in [0.5, 0.6) is 0 Å². The molecule has 0 N–H and O–H groups in total. The smallest absolute Gasteiger partial charge is 0.276 e. The number of hydrogen-bond acceptors (Lipinski definition) is 7. The van der Waals surface area contributed by atoms with Crippen molar-refractivity contribution < 1.29 is 18.1 Å². The number of thiocarbonyl (C=S) groups is 1. The summed E-state index contributed by atoms with van der Waals surface area (Å²) in [5.41, 5.74) is 0.202. The molecule has 1 aromatic carbocycles. The van der Waals surface area contributed by atoms with Crippen LogP contribution in [-0.2, 0) is 14.6 Å². The van der Waals surface area contributed by atoms with Crippen LogP contribution in [0.15, 0.2) is 29.2 Å². The van der Waals surface area contributed by atoms with Gasteiger partial charge in [-0.1, -0.05) is 36.1 Å². The van der Waals surface area contributed by atoms with Gasteiger partial charge in [0.2, 0.25) is 0 Å². The molecule has 10 heteroatoms. The number of sulfone groups is 1. The summed E-state index contributed by atoms with van der Waals surface area (Å²) < 4.78 is 23.5. The third kappa shape index (κ3) is 3.21. The van der Waals surface area contributed by atoms with Gasteiger partial charge in [0.25, 0.3) is 11.6 Å². The minimum absolute atomic E-state index is 0.0396. The summed E-state index contributed by atoms with van der Waals surface area (Å²) in [7, 11) is -3.15. The number of nitro benzene ring substituents is 1. The summed E-state index contributed by atoms with van der Waals surface area (Å²) in [6.07, 6.45) is 1.79. The molecule has 2 aliphatic rings. The van der Waals surface area contributed by atoms with Crippen LogP contribution in [0.1, 0.15) is 12.0 Å². The highest BCUT2D eigenvalue weighted by atomic mass is 32.2. The number of benzene rings is 1. The van der Waals surface area contributed by atoms with Gasteiger partial charge in [0.05, 0.1) is 32.9 Å². The monoisotopic (exact) mass is 384 g/mol. The molecule has 0 radical (unpaired) electrons. The topological polar surface area (TPSA) is 97.6 Å². The Kier molecular flexibility index (Phi) is 4.45. The lowest BCUT2D eigenvalue weighted by Gasteiger charge is -2.20. The molecule has 0 saturated carbocycles. The zero-order chi connectivity index (χ0) is 17.5. The van der Waals surface area contributed by atoms with Gasteiger partial charge in [-0.3, -0.25) is 19.8 Å². The van der Waals surface area contributed by atoms with Crippen LogP contribution >= 0.6 is 24.0 Å². The number of thioether (sulfide) groups is 1. The van der Waals surface area contributed by atoms with E-state index in [0.717, 1.165) is 11.8 Å². The van der Waals surface area contributed by atoms with Gasteiger partial charge in [-0.05, 0) is 18.6 Å². The Hall–Kier alpha value is -1.78. The van der Waals surface area contributed by atoms with Crippen LogP contribution in [0.3, 0.4) is 0 Å². The first-order valence-electron chi connectivity index (χ1n) is 6.99. The van der Waals surface area contributed by atoms with Crippen molar-refractivity contribution in [2.45, 2.75) is 12.5 Å². The lowest BCUT2D eigenvalue weighted by Crippen LogP contribution is -2.39. The minimum Gasteiger partial charge on any atom is -0.289 e. The van der Waals surface area contributed by atoms with Crippen molar-refractivity contribution in [2.75, 3.05) is 11.5 Å². The van der Waals surface area contributed by atoms with Crippen LogP contribution in [0.25, 0.3) is 6.08 Å². The van der Waals surface area contributed by atoms with Crippen molar-refractivity contribution in [1.82, 2.24) is 4.90 Å². The fourth-order valence-corrected chi connectivity index (χ4v) is 5.78. The van der Waals surface area contributed by atoms with Crippen molar-refractivity contribution in [1.29, 1.82) is 0 Å². The molecule has 1 amide bonds. The number of para-hydroxylation sites is 1. The molecule has 1 aromatic rings. The molecule has 0 unspecified atom stereocenters. The summed E-state index contributed by atoms with van der Waals surface area (Å²) in [5.74, 6) is -0.457. The zero-order valence-electron chi connectivity index (χ0n) is 12.2. The van der Waals surface area contributed by atoms with Gasteiger partial charge in [-0.25, -0.2) is 8.42 Å². The van der Waals surface area contributed by atoms with E-state index >= 15 is 0 Å². The van der Waals surface area contributed by atoms with Gasteiger partial charge in [0.1, 0.15) is 4.32 Å². The molecule has 3 rings (SSSR count). The predicted octanol–water partition coefficient (Wildman–Crippen LogP) is 1.98. The highest BCUT2D eigenvalue weighted by Crippen LogP contribution is 2.37. The van der Waals surface area contributed by atoms with E-state index in [1.807, 2.05) is 0 Å². The van der Waals surface area contributed by atoms with Gasteiger partial charge in [-0.2, -0.15) is 0 Å². The van der Waals surface area contributed by atoms with Crippen LogP contribution in [0, 0.1) is 10.1 Å². The first kappa shape index (κ1) is 17.1. The van der Waals surface area contributed by atoms with E-state index in [-0.39, 0.29) is 26.4 Å². The summed E-state index contributed by atoms with van der Waals surface area (Å²) in [6.45, 7) is 0. The van der Waals surface area contributed by atoms with Gasteiger partial charge in [0.15, 0.2) is 9.84 Å². The van der Waals surface area contributed by atoms with E-state index in [1.54, 1.807) is 18.2 Å². The van der Waals surface area contributed by atoms with Gasteiger partial charge < -0.3 is 0 Å². The standard InChI is InChI=1S/C14H12N2O5S3/c17-13-12(7-9-3-1-2-4-11(9)16(18)19)23-14(22)15(13)10-5-6-24(20,21)8-10/h1-4,7,10H,5-6,8H2/b12-7-/t10-/m0/s1. The van der Waals surface area contributed by atoms with E-state index < -0.39 is 26.7 Å². The normalized spacial score (nSPS) is 24.8. The second kappa shape index (κ2) is 6.26. The van der Waals surface area contributed by atoms with Gasteiger partial charge in [-0.15, -0.1) is 0 Å². The van der Waals surface area contributed by atoms with Crippen LogP contribution < -0.4 is 0 Å². The maximum atomic E-state index is 12.6. The molecular formula is C14H12N2O5S3. The van der Waals surface area contributed by atoms with E-state index in [2.05, 4.69) is 0 Å². The Balaban J connectivity index is 1.91. The second-order valence-corrected chi connectivity index (χ2v) is 9.33. The van der Waals surface area contributed by atoms with Crippen molar-refractivity contribution in [3.05, 3.63) is 44.8 Å². The average molecular weight is 384 g/mol. The van der Waals surface area contributed by atoms with E-state index in [4.69, 9.17) is 12.2 Å². The first-order chi connectivity index (χ1) is 11.3. The lowest BCUT2D eigenvalue weighted by atomic mass is 10.1. The summed E-state index contributed by atoms with van der Waals surface area (Å²) in [4.78, 5) is 24.7. The largest absolute Gasteiger partial charge is 0.289 e. The predicted molar refractivity (Wildman–Crippen MR) is 95.2 cm³/mol. The van der Waals surface area contributed by atoms with Crippen molar-refractivity contribution >= 4 is 55.8 Å². The van der Waals surface area contributed by atoms with Crippen LogP contribution in [0.4, 0.5) is 5.69 Å². The van der Waals surface area contributed by atoms with Crippen LogP contribution in [0.2, 0.25) is 0 Å². The van der Waals surface area contributed by atoms with Crippen molar-refractivity contribution in [3.63, 3.8) is 0 Å². The number of carbonyl (C=O) groups excluding carboxylic acids is 1. The average Bonchev–Trinajstić information content (AvgIpc) is 2.99. The van der Waals surface area contributed by atoms with E-state index in [1.165, 1.54) is 17.0 Å². The minimum atomic E-state index is -3.15. The number of hydrogen-bond donors (Lipinski definition) is 0. The molecular weight excluding hydrogens is 372 g/mol. The van der Waals surface area contributed by atoms with E-state index in [9.17, 15) is 23.3 Å². The Bertz CT molecular complexity index is 878. The fraction of sp³-hybridized carbons (Fsp3) is 0.286. The second-order valence-electron chi connectivity index (χ2n) is 5.42. The molecule has 7 nitrogen and oxygen atoms in total. The molecule has 1 atom stereocenters. The number of rotatable bonds is 3. The Morgan fingerprint density at radius 1 is 1.38 bits per heavy atom. The lowest BCUT2D eigenvalue weighted by molar-refractivity contribution is -0.385. The zero-order valence-corrected chi connectivity index (χ0v) is 14.7. The van der Waals surface area contributed by atoms with E-state index in [0.29, 0.717) is 12.0 Å². The number of carbonyl (C=O) groups is 1. The maximum Gasteiger partial charge on any atom is 0.276 e. The number of nitrogens with zero attached hydrogens (tertiary/aromatic N) is 2. The molecule has 0 spiro atoms. The Labute approximate surface area is 147 Å². The Morgan fingerprint density at radius 3 is 2.71 bits per heavy atom. The molecule has 24 heavy (non-hydrogen) atoms. The summed E-state index contributed by atoms with van der Waals surface area (Å²) in [5, 5.41) is 11.1. The molecule has 0 aliphatic carbocycles. The van der Waals surface area contributed by atoms with Gasteiger partial charge in [0, 0.05) is 6.07 Å². The Morgan fingerprint density at radius 2 is 2.08 bits per heavy atom. The molecule has 2 fully saturated rings. The number of amides is 1. The van der Waals surface area contributed by atoms with Crippen molar-refractivity contribution in [2.24, 2.45) is 0 Å². The summed E-state index contributed by atoms with van der Waals surface area (Å²) >= 11 is 6.24. The molecule has 2 saturated heterocycles. The molecule has 0 aromatic heterocycles. The fourth-order valence-electron chi connectivity index (χ4n) is 2.69. The quantitative estimate of drug-likeness (QED) is 0.340. The highest BCUT2D eigenvalue weighted by Gasteiger charge is 2.42. The molecule has 0 bridgehead atoms. The number of nitro groups is 1. The van der Waals surface area contributed by atoms with Gasteiger partial charge >= 0.3 is 0 Å². The maximum absolute atomic E-state index is 12.6. The first-order valence-corrected chi connectivity index (χ1v) is 10.0. The van der Waals surface area contributed by atoms with Crippen LogP contribution in [-0.4, -0.2) is 46.0 Å². The molecule has 126 valence electrons. The molecule has 2 heterocycles. The van der Waals surface area contributed by atoms with Crippen molar-refractivity contribution in [3.8, 4) is 0 Å². The summed E-state index contributed by atoms with van der Waals surface area (Å²) in [6, 6.07) is 5.63. The third-order valence-corrected chi connectivity index (χ3v) is 6.90. The third-order valence-electron chi connectivity index (χ3n) is 3.82.